The Morgan fingerprint density at radius 2 is 2.04 bits per heavy atom. The van der Waals surface area contributed by atoms with E-state index in [1.165, 1.54) is 6.07 Å². The molecule has 0 atom stereocenters. The molecule has 0 radical (unpaired) electrons. The normalized spacial score (nSPS) is 12.8. The smallest absolute Gasteiger partial charge is 0.262 e. The monoisotopic (exact) mass is 314 g/mol. The molecule has 2 aromatic carbocycles. The lowest BCUT2D eigenvalue weighted by Gasteiger charge is -2.20. The molecule has 118 valence electrons. The molecule has 0 bridgehead atoms. The number of hydrogen-bond acceptors (Lipinski definition) is 3. The molecule has 0 fully saturated rings. The summed E-state index contributed by atoms with van der Waals surface area (Å²) in [5.41, 5.74) is 1.51. The molecule has 0 aliphatic carbocycles. The molecular formula is C17H15FN2O3. The Hall–Kier alpha value is -2.89. The second kappa shape index (κ2) is 6.48. The molecule has 6 heteroatoms. The largest absolute Gasteiger partial charge is 0.479 e. The Kier molecular flexibility index (Phi) is 4.23. The number of aryl methyl sites for hydroxylation is 1. The fourth-order valence-corrected chi connectivity index (χ4v) is 2.38. The first kappa shape index (κ1) is 15.0. The van der Waals surface area contributed by atoms with Gasteiger partial charge >= 0.3 is 0 Å². The van der Waals surface area contributed by atoms with Crippen molar-refractivity contribution in [1.82, 2.24) is 0 Å². The average Bonchev–Trinajstić information content (AvgIpc) is 2.54. The molecule has 2 aromatic rings. The summed E-state index contributed by atoms with van der Waals surface area (Å²) in [4.78, 5) is 23.4. The van der Waals surface area contributed by atoms with E-state index in [-0.39, 0.29) is 30.7 Å². The Morgan fingerprint density at radius 1 is 1.22 bits per heavy atom. The topological polar surface area (TPSA) is 67.4 Å². The predicted octanol–water partition coefficient (Wildman–Crippen LogP) is 2.73. The minimum Gasteiger partial charge on any atom is -0.479 e. The highest BCUT2D eigenvalue weighted by Gasteiger charge is 2.19. The third kappa shape index (κ3) is 3.48. The Morgan fingerprint density at radius 3 is 2.87 bits per heavy atom. The first-order chi connectivity index (χ1) is 11.1. The van der Waals surface area contributed by atoms with E-state index >= 15 is 0 Å². The summed E-state index contributed by atoms with van der Waals surface area (Å²) < 4.78 is 18.9. The molecule has 3 rings (SSSR count). The van der Waals surface area contributed by atoms with E-state index in [2.05, 4.69) is 10.6 Å². The van der Waals surface area contributed by atoms with Crippen molar-refractivity contribution in [1.29, 1.82) is 0 Å². The van der Waals surface area contributed by atoms with E-state index < -0.39 is 0 Å². The first-order valence-corrected chi connectivity index (χ1v) is 7.22. The van der Waals surface area contributed by atoms with Crippen molar-refractivity contribution in [3.63, 3.8) is 0 Å². The number of rotatable bonds is 4. The Bertz CT molecular complexity index is 761. The van der Waals surface area contributed by atoms with Crippen LogP contribution in [0.25, 0.3) is 0 Å². The third-order valence-corrected chi connectivity index (χ3v) is 3.49. The van der Waals surface area contributed by atoms with Crippen LogP contribution in [-0.4, -0.2) is 18.4 Å². The fourth-order valence-electron chi connectivity index (χ4n) is 2.38. The molecule has 0 unspecified atom stereocenters. The van der Waals surface area contributed by atoms with Gasteiger partial charge in [0.1, 0.15) is 5.82 Å². The minimum absolute atomic E-state index is 0.0882. The van der Waals surface area contributed by atoms with E-state index in [4.69, 9.17) is 4.74 Å². The van der Waals surface area contributed by atoms with Crippen molar-refractivity contribution in [3.05, 3.63) is 53.8 Å². The highest BCUT2D eigenvalue weighted by Crippen LogP contribution is 2.35. The van der Waals surface area contributed by atoms with Gasteiger partial charge in [-0.1, -0.05) is 24.3 Å². The summed E-state index contributed by atoms with van der Waals surface area (Å²) in [7, 11) is 0. The maximum atomic E-state index is 13.5. The second-order valence-electron chi connectivity index (χ2n) is 5.16. The van der Waals surface area contributed by atoms with Gasteiger partial charge in [0.05, 0.1) is 11.4 Å². The number of halogens is 1. The van der Waals surface area contributed by atoms with Crippen LogP contribution in [0, 0.1) is 5.82 Å². The summed E-state index contributed by atoms with van der Waals surface area (Å²) in [6.07, 6.45) is 0.460. The lowest BCUT2D eigenvalue weighted by Crippen LogP contribution is -2.26. The number of benzene rings is 2. The van der Waals surface area contributed by atoms with Crippen LogP contribution >= 0.6 is 0 Å². The highest BCUT2D eigenvalue weighted by atomic mass is 19.1. The predicted molar refractivity (Wildman–Crippen MR) is 83.9 cm³/mol. The summed E-state index contributed by atoms with van der Waals surface area (Å²) in [6.45, 7) is -0.0882. The quantitative estimate of drug-likeness (QED) is 0.912. The van der Waals surface area contributed by atoms with E-state index in [1.54, 1.807) is 36.4 Å². The minimum atomic E-state index is -0.316. The molecule has 0 aromatic heterocycles. The third-order valence-electron chi connectivity index (χ3n) is 3.49. The summed E-state index contributed by atoms with van der Waals surface area (Å²) in [5, 5.41) is 5.41. The van der Waals surface area contributed by atoms with Gasteiger partial charge in [0, 0.05) is 6.42 Å². The van der Waals surface area contributed by atoms with Crippen molar-refractivity contribution in [3.8, 4) is 5.75 Å². The molecule has 1 aliphatic heterocycles. The number of hydrogen-bond donors (Lipinski definition) is 2. The number of nitrogens with one attached hydrogen (secondary N) is 2. The number of carbonyl (C=O) groups excluding carboxylic acids is 2. The van der Waals surface area contributed by atoms with Crippen LogP contribution in [0.15, 0.2) is 42.5 Å². The van der Waals surface area contributed by atoms with Crippen LogP contribution < -0.4 is 15.4 Å². The zero-order chi connectivity index (χ0) is 16.2. The molecular weight excluding hydrogens is 299 g/mol. The van der Waals surface area contributed by atoms with Crippen molar-refractivity contribution < 1.29 is 18.7 Å². The molecule has 23 heavy (non-hydrogen) atoms. The van der Waals surface area contributed by atoms with Gasteiger partial charge in [-0.25, -0.2) is 4.39 Å². The van der Waals surface area contributed by atoms with Crippen LogP contribution in [0.2, 0.25) is 0 Å². The zero-order valence-electron chi connectivity index (χ0n) is 12.3. The van der Waals surface area contributed by atoms with Gasteiger partial charge in [-0.05, 0) is 30.2 Å². The SMILES string of the molecule is O=C(CCc1ccccc1F)Nc1cccc2c1OCC(=O)N2. The number of carbonyl (C=O) groups is 2. The van der Waals surface area contributed by atoms with Crippen LogP contribution in [0.3, 0.4) is 0 Å². The number of ether oxygens (including phenoxy) is 1. The van der Waals surface area contributed by atoms with Gasteiger partial charge in [0.15, 0.2) is 12.4 Å². The molecule has 5 nitrogen and oxygen atoms in total. The van der Waals surface area contributed by atoms with Gasteiger partial charge in [-0.3, -0.25) is 9.59 Å². The first-order valence-electron chi connectivity index (χ1n) is 7.22. The van der Waals surface area contributed by atoms with Crippen molar-refractivity contribution in [2.75, 3.05) is 17.2 Å². The van der Waals surface area contributed by atoms with Gasteiger partial charge < -0.3 is 15.4 Å². The zero-order valence-corrected chi connectivity index (χ0v) is 12.3. The molecule has 0 saturated heterocycles. The van der Waals surface area contributed by atoms with Crippen LogP contribution in [-0.2, 0) is 16.0 Å². The standard InChI is InChI=1S/C17H15FN2O3/c18-12-5-2-1-4-11(12)8-9-15(21)19-13-6-3-7-14-17(13)23-10-16(22)20-14/h1-7H,8-10H2,(H,19,21)(H,20,22). The van der Waals surface area contributed by atoms with Crippen molar-refractivity contribution in [2.24, 2.45) is 0 Å². The fraction of sp³-hybridized carbons (Fsp3) is 0.176. The van der Waals surface area contributed by atoms with Crippen LogP contribution in [0.4, 0.5) is 15.8 Å². The van der Waals surface area contributed by atoms with E-state index in [1.807, 2.05) is 0 Å². The second-order valence-corrected chi connectivity index (χ2v) is 5.16. The van der Waals surface area contributed by atoms with Crippen LogP contribution in [0.1, 0.15) is 12.0 Å². The lowest BCUT2D eigenvalue weighted by molar-refractivity contribution is -0.118. The number of para-hydroxylation sites is 1. The maximum absolute atomic E-state index is 13.5. The maximum Gasteiger partial charge on any atom is 0.262 e. The summed E-state index contributed by atoms with van der Waals surface area (Å²) in [6, 6.07) is 11.5. The summed E-state index contributed by atoms with van der Waals surface area (Å²) in [5.74, 6) is -0.363. The van der Waals surface area contributed by atoms with Gasteiger partial charge in [0.25, 0.3) is 5.91 Å². The van der Waals surface area contributed by atoms with Crippen molar-refractivity contribution >= 4 is 23.2 Å². The Balaban J connectivity index is 1.66. The van der Waals surface area contributed by atoms with Crippen LogP contribution in [0.5, 0.6) is 5.75 Å². The summed E-state index contributed by atoms with van der Waals surface area (Å²) >= 11 is 0. The highest BCUT2D eigenvalue weighted by molar-refractivity contribution is 5.99. The number of anilines is 2. The van der Waals surface area contributed by atoms with E-state index in [0.717, 1.165) is 0 Å². The lowest BCUT2D eigenvalue weighted by atomic mass is 10.1. The molecule has 2 amide bonds. The van der Waals surface area contributed by atoms with E-state index in [0.29, 0.717) is 29.1 Å². The van der Waals surface area contributed by atoms with E-state index in [9.17, 15) is 14.0 Å². The average molecular weight is 314 g/mol. The molecule has 1 heterocycles. The molecule has 0 spiro atoms. The number of fused-ring (bicyclic) bond motifs is 1. The molecule has 2 N–H and O–H groups in total. The van der Waals surface area contributed by atoms with Gasteiger partial charge in [-0.15, -0.1) is 0 Å². The molecule has 1 aliphatic rings. The Labute approximate surface area is 132 Å². The van der Waals surface area contributed by atoms with Gasteiger partial charge in [-0.2, -0.15) is 0 Å². The van der Waals surface area contributed by atoms with Gasteiger partial charge in [0.2, 0.25) is 5.91 Å². The number of amides is 2. The molecule has 0 saturated carbocycles. The van der Waals surface area contributed by atoms with Crippen molar-refractivity contribution in [2.45, 2.75) is 12.8 Å².